The Morgan fingerprint density at radius 2 is 0.726 bits per heavy atom. The van der Waals surface area contributed by atoms with Crippen molar-refractivity contribution in [1.82, 2.24) is 21.3 Å². The fourth-order valence-corrected chi connectivity index (χ4v) is 9.87. The van der Waals surface area contributed by atoms with Gasteiger partial charge in [0, 0.05) is 22.7 Å². The van der Waals surface area contributed by atoms with E-state index in [1.54, 1.807) is 0 Å². The molecule has 5 atom stereocenters. The van der Waals surface area contributed by atoms with Gasteiger partial charge in [0.15, 0.2) is 6.61 Å². The van der Waals surface area contributed by atoms with Crippen molar-refractivity contribution < 1.29 is 72.0 Å². The smallest absolute Gasteiger partial charge is 0.341 e. The summed E-state index contributed by atoms with van der Waals surface area (Å²) >= 11 is 0. The summed E-state index contributed by atoms with van der Waals surface area (Å²) in [4.78, 5) is 136. The Labute approximate surface area is 550 Å². The Morgan fingerprint density at radius 3 is 1.05 bits per heavy atom. The SMILES string of the molecule is COc1ccc(NC(=O)C(CCCCN)NC(=O)c2cc(NC(=O)C(CCCCN)NC(=O)c3cc(NC(=O)C(CCCCN)NC(=O)c4cc(NC(=O)C(CCCCN)NC(=O)C(N)Cc5ccccc5)ccc4OC)ccc3OC)ccc2OCC(=O)O)cc1C(N)=O. The van der Waals surface area contributed by atoms with Crippen molar-refractivity contribution in [2.45, 2.75) is 114 Å². The predicted molar refractivity (Wildman–Crippen MR) is 357 cm³/mol. The number of hydrogen-bond acceptors (Lipinski definition) is 19. The zero-order chi connectivity index (χ0) is 69.4. The fraction of sp³-hybridized carbons (Fsp3) is 0.394. The van der Waals surface area contributed by atoms with Crippen molar-refractivity contribution >= 4 is 81.9 Å². The van der Waals surface area contributed by atoms with E-state index in [4.69, 9.17) is 53.3 Å². The molecule has 0 aliphatic heterocycles. The second-order valence-electron chi connectivity index (χ2n) is 22.0. The van der Waals surface area contributed by atoms with Gasteiger partial charge in [-0.2, -0.15) is 0 Å². The van der Waals surface area contributed by atoms with Gasteiger partial charge >= 0.3 is 5.97 Å². The first-order chi connectivity index (χ1) is 45.7. The largest absolute Gasteiger partial charge is 0.496 e. The number of anilines is 4. The van der Waals surface area contributed by atoms with Crippen molar-refractivity contribution in [3.8, 4) is 23.0 Å². The van der Waals surface area contributed by atoms with Crippen LogP contribution in [0.15, 0.2) is 103 Å². The molecule has 5 aromatic rings. The van der Waals surface area contributed by atoms with Crippen LogP contribution in [0.1, 0.15) is 124 Å². The zero-order valence-corrected chi connectivity index (χ0v) is 53.6. The van der Waals surface area contributed by atoms with E-state index in [-0.39, 0.29) is 120 Å². The lowest BCUT2D eigenvalue weighted by molar-refractivity contribution is -0.139. The number of benzene rings is 5. The first-order valence-electron chi connectivity index (χ1n) is 31.1. The van der Waals surface area contributed by atoms with Crippen LogP contribution in [0.5, 0.6) is 23.0 Å². The van der Waals surface area contributed by atoms with E-state index in [1.807, 2.05) is 30.3 Å². The molecule has 0 radical (unpaired) electrons. The topological polar surface area (TPSA) is 480 Å². The van der Waals surface area contributed by atoms with E-state index in [0.717, 1.165) is 5.56 Å². The van der Waals surface area contributed by atoms with Crippen molar-refractivity contribution in [3.63, 3.8) is 0 Å². The van der Waals surface area contributed by atoms with E-state index in [0.29, 0.717) is 57.9 Å². The molecule has 29 nitrogen and oxygen atoms in total. The molecule has 512 valence electrons. The van der Waals surface area contributed by atoms with Gasteiger partial charge < -0.3 is 101 Å². The highest BCUT2D eigenvalue weighted by molar-refractivity contribution is 6.08. The molecule has 0 aromatic heterocycles. The van der Waals surface area contributed by atoms with Crippen molar-refractivity contribution in [2.24, 2.45) is 34.4 Å². The van der Waals surface area contributed by atoms with Gasteiger partial charge in [0.1, 0.15) is 47.2 Å². The Hall–Kier alpha value is -10.2. The molecule has 9 amide bonds. The van der Waals surface area contributed by atoms with E-state index >= 15 is 0 Å². The molecule has 0 spiro atoms. The lowest BCUT2D eigenvalue weighted by atomic mass is 10.0. The summed E-state index contributed by atoms with van der Waals surface area (Å²) < 4.78 is 21.8. The molecular formula is C66H88N14O15. The molecule has 5 rings (SSSR count). The molecule has 0 saturated heterocycles. The van der Waals surface area contributed by atoms with E-state index in [2.05, 4.69) is 42.5 Å². The number of carbonyl (C=O) groups excluding carboxylic acids is 9. The second-order valence-corrected chi connectivity index (χ2v) is 22.0. The van der Waals surface area contributed by atoms with Crippen LogP contribution in [0, 0.1) is 0 Å². The van der Waals surface area contributed by atoms with Crippen molar-refractivity contribution in [3.05, 3.63) is 131 Å². The minimum Gasteiger partial charge on any atom is -0.496 e. The van der Waals surface area contributed by atoms with Crippen LogP contribution in [0.3, 0.4) is 0 Å². The normalized spacial score (nSPS) is 12.4. The fourth-order valence-electron chi connectivity index (χ4n) is 9.87. The van der Waals surface area contributed by atoms with Gasteiger partial charge in [-0.05, 0) is 188 Å². The minimum atomic E-state index is -1.37. The average Bonchev–Trinajstić information content (AvgIpc) is 0.933. The van der Waals surface area contributed by atoms with Gasteiger partial charge in [-0.15, -0.1) is 0 Å². The summed E-state index contributed by atoms with van der Waals surface area (Å²) in [6.07, 6.45) is 4.39. The number of nitrogens with one attached hydrogen (secondary N) is 8. The molecule has 0 heterocycles. The third kappa shape index (κ3) is 24.0. The number of carboxylic acid groups (broad SMARTS) is 1. The molecule has 5 aromatic carbocycles. The standard InChI is InChI=1S/C66H88N14O15/c1-92-53-25-21-40(34-44(53)58(72)83)73-63(88)51(19-9-13-31-69)79-61(86)47-37-43(24-28-56(47)95-38-57(81)82)76-65(90)50(18-8-12-30-68)78-59(84)45-35-41(22-26-54(45)93-2)74-64(89)49(17-7-11-29-67)77-60(85)46-36-42(23-27-55(46)94-3)75-66(91)52(20-10-14-32-70)80-62(87)48(71)33-39-15-5-4-6-16-39/h4-6,15-16,21-28,34-37,48-52H,7-14,17-20,29-33,38,67-71H2,1-3H3,(H2,72,83)(H,73,88)(H,74,89)(H,75,91)(H,76,90)(H,77,85)(H,78,84)(H,79,86)(H,80,87)(H,81,82). The molecule has 0 bridgehead atoms. The number of ether oxygens (including phenoxy) is 4. The Bertz CT molecular complexity index is 3450. The maximum atomic E-state index is 14.4. The summed E-state index contributed by atoms with van der Waals surface area (Å²) in [5.74, 6) is -7.83. The lowest BCUT2D eigenvalue weighted by Crippen LogP contribution is -2.50. The highest BCUT2D eigenvalue weighted by Gasteiger charge is 2.30. The van der Waals surface area contributed by atoms with Gasteiger partial charge in [0.2, 0.25) is 29.5 Å². The van der Waals surface area contributed by atoms with Gasteiger partial charge in [-0.3, -0.25) is 43.2 Å². The molecule has 0 fully saturated rings. The third-order valence-electron chi connectivity index (χ3n) is 14.9. The zero-order valence-electron chi connectivity index (χ0n) is 53.6. The molecule has 0 aliphatic carbocycles. The predicted octanol–water partition coefficient (Wildman–Crippen LogP) is 3.00. The van der Waals surface area contributed by atoms with Crippen molar-refractivity contribution in [2.75, 3.05) is 75.4 Å². The third-order valence-corrected chi connectivity index (χ3v) is 14.9. The van der Waals surface area contributed by atoms with Crippen LogP contribution in [-0.4, -0.2) is 149 Å². The number of primary amides is 1. The molecule has 21 N–H and O–H groups in total. The number of methoxy groups -OCH3 is 3. The van der Waals surface area contributed by atoms with Crippen LogP contribution in [0.25, 0.3) is 0 Å². The maximum absolute atomic E-state index is 14.4. The van der Waals surface area contributed by atoms with Crippen molar-refractivity contribution in [1.29, 1.82) is 0 Å². The number of hydrogen-bond donors (Lipinski definition) is 15. The average molecular weight is 1320 g/mol. The van der Waals surface area contributed by atoms with Crippen LogP contribution in [0.4, 0.5) is 22.7 Å². The monoisotopic (exact) mass is 1320 g/mol. The van der Waals surface area contributed by atoms with Crippen LogP contribution < -0.4 is 95.9 Å². The number of carbonyl (C=O) groups is 10. The first-order valence-corrected chi connectivity index (χ1v) is 31.1. The second kappa shape index (κ2) is 39.4. The molecular weight excluding hydrogens is 1230 g/mol. The molecule has 29 heteroatoms. The number of amides is 9. The van der Waals surface area contributed by atoms with Gasteiger partial charge in [-0.1, -0.05) is 30.3 Å². The highest BCUT2D eigenvalue weighted by atomic mass is 16.5. The van der Waals surface area contributed by atoms with E-state index in [1.165, 1.54) is 94.1 Å². The molecule has 5 unspecified atom stereocenters. The van der Waals surface area contributed by atoms with Crippen LogP contribution >= 0.6 is 0 Å². The van der Waals surface area contributed by atoms with E-state index in [9.17, 15) is 53.1 Å². The van der Waals surface area contributed by atoms with Crippen LogP contribution in [0.2, 0.25) is 0 Å². The summed E-state index contributed by atoms with van der Waals surface area (Å²) in [5, 5.41) is 31.3. The first kappa shape index (κ1) is 75.5. The van der Waals surface area contributed by atoms with Gasteiger partial charge in [0.05, 0.1) is 49.6 Å². The Balaban J connectivity index is 1.35. The number of rotatable bonds is 41. The summed E-state index contributed by atoms with van der Waals surface area (Å²) in [5.41, 5.74) is 35.7. The molecule has 0 aliphatic rings. The quantitative estimate of drug-likeness (QED) is 0.0250. The lowest BCUT2D eigenvalue weighted by Gasteiger charge is -2.22. The molecule has 95 heavy (non-hydrogen) atoms. The summed E-state index contributed by atoms with van der Waals surface area (Å²) in [6.45, 7) is 0.321. The van der Waals surface area contributed by atoms with Crippen LogP contribution in [-0.2, 0) is 35.2 Å². The maximum Gasteiger partial charge on any atom is 0.341 e. The minimum absolute atomic E-state index is 0.00287. The number of carboxylic acids is 1. The van der Waals surface area contributed by atoms with Gasteiger partial charge in [0.25, 0.3) is 23.6 Å². The summed E-state index contributed by atoms with van der Waals surface area (Å²) in [7, 11) is 3.99. The Morgan fingerprint density at radius 1 is 0.411 bits per heavy atom. The Kier molecular flexibility index (Phi) is 31.3. The molecule has 0 saturated carbocycles. The number of nitrogens with two attached hydrogens (primary N) is 6. The number of unbranched alkanes of at least 4 members (excludes halogenated alkanes) is 4. The van der Waals surface area contributed by atoms with E-state index < -0.39 is 96.0 Å². The van der Waals surface area contributed by atoms with Gasteiger partial charge in [-0.25, -0.2) is 4.79 Å². The summed E-state index contributed by atoms with van der Waals surface area (Å²) in [6, 6.07) is 20.0. The number of aliphatic carboxylic acids is 1. The highest BCUT2D eigenvalue weighted by Crippen LogP contribution is 2.29.